The molecule has 3 heterocycles. The Morgan fingerprint density at radius 2 is 2.06 bits per heavy atom. The van der Waals surface area contributed by atoms with Crippen molar-refractivity contribution in [3.8, 4) is 6.19 Å². The molecule has 2 aliphatic rings. The fourth-order valence-corrected chi connectivity index (χ4v) is 4.83. The molecule has 33 heavy (non-hydrogen) atoms. The number of hydrogen-bond donors (Lipinski definition) is 2. The Bertz CT molecular complexity index is 1140. The van der Waals surface area contributed by atoms with Gasteiger partial charge in [0, 0.05) is 25.3 Å². The molecule has 0 radical (unpaired) electrons. The van der Waals surface area contributed by atoms with Crippen molar-refractivity contribution >= 4 is 63.6 Å². The molecular formula is C21H19Cl2N5O4S. The van der Waals surface area contributed by atoms with E-state index in [2.05, 4.69) is 15.6 Å². The van der Waals surface area contributed by atoms with Crippen LogP contribution in [0.25, 0.3) is 0 Å². The summed E-state index contributed by atoms with van der Waals surface area (Å²) in [5.41, 5.74) is -0.107. The van der Waals surface area contributed by atoms with Crippen molar-refractivity contribution in [3.05, 3.63) is 44.6 Å². The molecule has 9 nitrogen and oxygen atoms in total. The summed E-state index contributed by atoms with van der Waals surface area (Å²) in [5.74, 6) is -0.337. The number of aliphatic imine (C=N–C) groups is 1. The number of nitriles is 1. The highest BCUT2D eigenvalue weighted by Crippen LogP contribution is 2.31. The van der Waals surface area contributed by atoms with Gasteiger partial charge >= 0.3 is 0 Å². The third kappa shape index (κ3) is 5.13. The van der Waals surface area contributed by atoms with Crippen LogP contribution in [-0.2, 0) is 14.3 Å². The molecule has 2 fully saturated rings. The van der Waals surface area contributed by atoms with Gasteiger partial charge < -0.3 is 25.0 Å². The first-order chi connectivity index (χ1) is 15.9. The standard InChI is InChI=1S/C21H19Cl2N5O4S/c22-14-9-13(1-2-15(14)28-6-8-31-10-18(28)25-12-24)26-20(30)21(5-7-32-11-21)27-19(29)16-3-4-17(23)33-16/h1-4,9H,5-8,10-11H2,(H,26,30)(H,27,29)/b25-18+/t21-/m0/s1. The molecule has 172 valence electrons. The zero-order valence-electron chi connectivity index (χ0n) is 17.3. The van der Waals surface area contributed by atoms with Crippen molar-refractivity contribution in [3.63, 3.8) is 0 Å². The minimum Gasteiger partial charge on any atom is -0.378 e. The minimum absolute atomic E-state index is 0.0528. The van der Waals surface area contributed by atoms with Gasteiger partial charge in [-0.1, -0.05) is 23.2 Å². The van der Waals surface area contributed by atoms with Gasteiger partial charge in [-0.15, -0.1) is 11.3 Å². The molecule has 1 aromatic heterocycles. The number of halogens is 2. The average molecular weight is 508 g/mol. The summed E-state index contributed by atoms with van der Waals surface area (Å²) >= 11 is 13.6. The highest BCUT2D eigenvalue weighted by atomic mass is 35.5. The Labute approximate surface area is 203 Å². The molecule has 0 saturated carbocycles. The Morgan fingerprint density at radius 1 is 1.21 bits per heavy atom. The van der Waals surface area contributed by atoms with Gasteiger partial charge in [-0.25, -0.2) is 0 Å². The second-order valence-electron chi connectivity index (χ2n) is 7.40. The second kappa shape index (κ2) is 10.1. The highest BCUT2D eigenvalue weighted by Gasteiger charge is 2.44. The number of morpholine rings is 1. The molecule has 12 heteroatoms. The first-order valence-corrected chi connectivity index (χ1v) is 11.6. The third-order valence-electron chi connectivity index (χ3n) is 5.28. The summed E-state index contributed by atoms with van der Waals surface area (Å²) in [5, 5.41) is 14.9. The van der Waals surface area contributed by atoms with Crippen molar-refractivity contribution in [1.29, 1.82) is 5.26 Å². The molecule has 0 aliphatic carbocycles. The van der Waals surface area contributed by atoms with Crippen LogP contribution in [0.1, 0.15) is 16.1 Å². The highest BCUT2D eigenvalue weighted by molar-refractivity contribution is 7.18. The van der Waals surface area contributed by atoms with Gasteiger partial charge in [-0.2, -0.15) is 10.3 Å². The predicted octanol–water partition coefficient (Wildman–Crippen LogP) is 3.30. The SMILES string of the molecule is N#C/N=C1\COCCN1c1ccc(NC(=O)[C@]2(NC(=O)c3ccc(Cl)s3)CCOC2)cc1Cl. The fraction of sp³-hybridized carbons (Fsp3) is 0.333. The number of amidine groups is 1. The molecule has 0 bridgehead atoms. The summed E-state index contributed by atoms with van der Waals surface area (Å²) in [6, 6.07) is 8.28. The van der Waals surface area contributed by atoms with Crippen LogP contribution < -0.4 is 15.5 Å². The number of nitrogens with one attached hydrogen (secondary N) is 2. The molecule has 2 N–H and O–H groups in total. The normalized spacial score (nSPS) is 21.6. The second-order valence-corrected chi connectivity index (χ2v) is 9.52. The van der Waals surface area contributed by atoms with Crippen LogP contribution in [0.3, 0.4) is 0 Å². The first kappa shape index (κ1) is 23.5. The van der Waals surface area contributed by atoms with Crippen molar-refractivity contribution in [1.82, 2.24) is 5.32 Å². The van der Waals surface area contributed by atoms with E-state index in [4.69, 9.17) is 37.9 Å². The van der Waals surface area contributed by atoms with Crippen LogP contribution in [0.2, 0.25) is 9.36 Å². The van der Waals surface area contributed by atoms with E-state index in [1.54, 1.807) is 41.4 Å². The lowest BCUT2D eigenvalue weighted by Crippen LogP contribution is -2.57. The molecule has 0 spiro atoms. The number of carbonyl (C=O) groups excluding carboxylic acids is 2. The molecule has 2 aliphatic heterocycles. The lowest BCUT2D eigenvalue weighted by molar-refractivity contribution is -0.122. The van der Waals surface area contributed by atoms with E-state index in [1.165, 1.54) is 0 Å². The van der Waals surface area contributed by atoms with E-state index in [1.807, 2.05) is 0 Å². The van der Waals surface area contributed by atoms with Crippen LogP contribution in [0, 0.1) is 11.5 Å². The van der Waals surface area contributed by atoms with Crippen LogP contribution in [0.15, 0.2) is 35.3 Å². The maximum absolute atomic E-state index is 13.2. The van der Waals surface area contributed by atoms with Gasteiger partial charge in [-0.05, 0) is 30.3 Å². The maximum Gasteiger partial charge on any atom is 0.262 e. The lowest BCUT2D eigenvalue weighted by Gasteiger charge is -2.30. The van der Waals surface area contributed by atoms with Crippen molar-refractivity contribution in [2.75, 3.05) is 43.2 Å². The smallest absolute Gasteiger partial charge is 0.262 e. The van der Waals surface area contributed by atoms with Gasteiger partial charge in [0.25, 0.3) is 11.8 Å². The van der Waals surface area contributed by atoms with Gasteiger partial charge in [0.2, 0.25) is 6.19 Å². The maximum atomic E-state index is 13.2. The van der Waals surface area contributed by atoms with Gasteiger partial charge in [-0.3, -0.25) is 9.59 Å². The number of rotatable bonds is 5. The van der Waals surface area contributed by atoms with Crippen molar-refractivity contribution in [2.24, 2.45) is 4.99 Å². The summed E-state index contributed by atoms with van der Waals surface area (Å²) in [4.78, 5) is 31.9. The monoisotopic (exact) mass is 507 g/mol. The van der Waals surface area contributed by atoms with E-state index in [9.17, 15) is 9.59 Å². The molecule has 2 saturated heterocycles. The Balaban J connectivity index is 1.51. The Hall–Kier alpha value is -2.68. The predicted molar refractivity (Wildman–Crippen MR) is 126 cm³/mol. The van der Waals surface area contributed by atoms with Crippen LogP contribution in [-0.4, -0.2) is 56.2 Å². The topological polar surface area (TPSA) is 116 Å². The summed E-state index contributed by atoms with van der Waals surface area (Å²) in [6.45, 7) is 1.57. The molecule has 2 amide bonds. The van der Waals surface area contributed by atoms with Gasteiger partial charge in [0.05, 0.1) is 33.1 Å². The lowest BCUT2D eigenvalue weighted by atomic mass is 9.97. The first-order valence-electron chi connectivity index (χ1n) is 9.99. The quantitative estimate of drug-likeness (QED) is 0.599. The molecule has 0 unspecified atom stereocenters. The summed E-state index contributed by atoms with van der Waals surface area (Å²) < 4.78 is 11.3. The average Bonchev–Trinajstić information content (AvgIpc) is 3.45. The van der Waals surface area contributed by atoms with Gasteiger partial charge in [0.15, 0.2) is 0 Å². The number of thiophene rings is 1. The Kier molecular flexibility index (Phi) is 7.17. The molecule has 2 aromatic rings. The number of carbonyl (C=O) groups is 2. The van der Waals surface area contributed by atoms with Crippen molar-refractivity contribution < 1.29 is 19.1 Å². The van der Waals surface area contributed by atoms with Crippen LogP contribution in [0.4, 0.5) is 11.4 Å². The number of anilines is 2. The Morgan fingerprint density at radius 3 is 2.73 bits per heavy atom. The zero-order chi connectivity index (χ0) is 23.4. The van der Waals surface area contributed by atoms with Crippen molar-refractivity contribution in [2.45, 2.75) is 12.0 Å². The number of ether oxygens (including phenoxy) is 2. The minimum atomic E-state index is -1.21. The largest absolute Gasteiger partial charge is 0.378 e. The summed E-state index contributed by atoms with van der Waals surface area (Å²) in [6.07, 6.45) is 2.10. The van der Waals surface area contributed by atoms with E-state index >= 15 is 0 Å². The van der Waals surface area contributed by atoms with E-state index in [0.717, 1.165) is 11.3 Å². The molecular weight excluding hydrogens is 489 g/mol. The van der Waals surface area contributed by atoms with E-state index in [0.29, 0.717) is 57.6 Å². The van der Waals surface area contributed by atoms with Crippen LogP contribution >= 0.6 is 34.5 Å². The van der Waals surface area contributed by atoms with E-state index < -0.39 is 17.4 Å². The number of nitrogens with zero attached hydrogens (tertiary/aromatic N) is 3. The molecule has 1 atom stereocenters. The van der Waals surface area contributed by atoms with E-state index in [-0.39, 0.29) is 13.2 Å². The molecule has 1 aromatic carbocycles. The molecule has 4 rings (SSSR count). The number of amides is 2. The zero-order valence-corrected chi connectivity index (χ0v) is 19.6. The fourth-order valence-electron chi connectivity index (χ4n) is 3.61. The summed E-state index contributed by atoms with van der Waals surface area (Å²) in [7, 11) is 0. The van der Waals surface area contributed by atoms with Gasteiger partial charge in [0.1, 0.15) is 18.0 Å². The third-order valence-corrected chi connectivity index (χ3v) is 6.82. The number of benzene rings is 1. The number of hydrogen-bond acceptors (Lipinski definition) is 7. The van der Waals surface area contributed by atoms with Crippen LogP contribution in [0.5, 0.6) is 0 Å².